The van der Waals surface area contributed by atoms with Gasteiger partial charge in [0.2, 0.25) is 0 Å². The molecule has 0 amide bonds. The molecular formula is C12H21N5. The van der Waals surface area contributed by atoms with Crippen molar-refractivity contribution < 1.29 is 0 Å². The van der Waals surface area contributed by atoms with E-state index in [2.05, 4.69) is 46.4 Å². The highest BCUT2D eigenvalue weighted by atomic mass is 15.2. The molecule has 0 unspecified atom stereocenters. The first-order chi connectivity index (χ1) is 7.90. The van der Waals surface area contributed by atoms with E-state index in [1.54, 1.807) is 13.2 Å². The molecule has 0 aromatic carbocycles. The minimum atomic E-state index is -0.0105. The molecular weight excluding hydrogens is 214 g/mol. The molecule has 1 heterocycles. The Hall–Kier alpha value is -1.65. The number of guanidine groups is 1. The first-order valence-corrected chi connectivity index (χ1v) is 5.68. The van der Waals surface area contributed by atoms with Crippen LogP contribution in [-0.4, -0.2) is 28.5 Å². The topological polar surface area (TPSA) is 62.2 Å². The third-order valence-corrected chi connectivity index (χ3v) is 1.99. The summed E-state index contributed by atoms with van der Waals surface area (Å²) in [7, 11) is 1.76. The molecule has 1 aromatic heterocycles. The van der Waals surface area contributed by atoms with Gasteiger partial charge < -0.3 is 10.6 Å². The molecule has 5 heteroatoms. The Bertz CT molecular complexity index is 392. The first-order valence-electron chi connectivity index (χ1n) is 5.68. The molecule has 0 atom stereocenters. The molecule has 1 aromatic rings. The fraction of sp³-hybridized carbons (Fsp3) is 0.583. The van der Waals surface area contributed by atoms with E-state index in [9.17, 15) is 0 Å². The van der Waals surface area contributed by atoms with Crippen LogP contribution in [0.4, 0.5) is 0 Å². The molecule has 0 spiro atoms. The van der Waals surface area contributed by atoms with Crippen molar-refractivity contribution in [1.29, 1.82) is 0 Å². The standard InChI is InChI=1S/C12H21N5/c1-9-14-7-6-10(16-9)8-15-11(13-5)17-12(2,3)4/h6-7H,8H2,1-5H3,(H2,13,15,17). The van der Waals surface area contributed by atoms with Crippen molar-refractivity contribution in [2.45, 2.75) is 39.8 Å². The summed E-state index contributed by atoms with van der Waals surface area (Å²) < 4.78 is 0. The van der Waals surface area contributed by atoms with Gasteiger partial charge >= 0.3 is 0 Å². The van der Waals surface area contributed by atoms with Gasteiger partial charge in [0.05, 0.1) is 12.2 Å². The zero-order valence-electron chi connectivity index (χ0n) is 11.2. The monoisotopic (exact) mass is 235 g/mol. The van der Waals surface area contributed by atoms with Crippen LogP contribution in [0.15, 0.2) is 17.3 Å². The number of hydrogen-bond donors (Lipinski definition) is 2. The number of aromatic nitrogens is 2. The van der Waals surface area contributed by atoms with Crippen LogP contribution >= 0.6 is 0 Å². The molecule has 0 saturated heterocycles. The van der Waals surface area contributed by atoms with Gasteiger partial charge in [0.15, 0.2) is 5.96 Å². The Kier molecular flexibility index (Phi) is 4.43. The summed E-state index contributed by atoms with van der Waals surface area (Å²) in [6.45, 7) is 8.79. The molecule has 0 bridgehead atoms. The van der Waals surface area contributed by atoms with E-state index in [1.165, 1.54) is 0 Å². The second-order valence-corrected chi connectivity index (χ2v) is 4.90. The van der Waals surface area contributed by atoms with E-state index in [-0.39, 0.29) is 5.54 Å². The largest absolute Gasteiger partial charge is 0.352 e. The van der Waals surface area contributed by atoms with Crippen molar-refractivity contribution in [3.8, 4) is 0 Å². The highest BCUT2D eigenvalue weighted by Gasteiger charge is 2.11. The predicted molar refractivity (Wildman–Crippen MR) is 69.9 cm³/mol. The van der Waals surface area contributed by atoms with Crippen LogP contribution in [0.2, 0.25) is 0 Å². The number of rotatable bonds is 2. The maximum Gasteiger partial charge on any atom is 0.191 e. The molecule has 1 rings (SSSR count). The highest BCUT2D eigenvalue weighted by molar-refractivity contribution is 5.80. The fourth-order valence-corrected chi connectivity index (χ4v) is 1.31. The Morgan fingerprint density at radius 2 is 2.12 bits per heavy atom. The molecule has 2 N–H and O–H groups in total. The van der Waals surface area contributed by atoms with Gasteiger partial charge in [-0.25, -0.2) is 9.97 Å². The van der Waals surface area contributed by atoms with Crippen molar-refractivity contribution in [1.82, 2.24) is 20.6 Å². The van der Waals surface area contributed by atoms with E-state index in [0.29, 0.717) is 6.54 Å². The molecule has 17 heavy (non-hydrogen) atoms. The second-order valence-electron chi connectivity index (χ2n) is 4.90. The average Bonchev–Trinajstić information content (AvgIpc) is 2.23. The van der Waals surface area contributed by atoms with Crippen LogP contribution in [0.25, 0.3) is 0 Å². The van der Waals surface area contributed by atoms with Crippen LogP contribution in [0.3, 0.4) is 0 Å². The summed E-state index contributed by atoms with van der Waals surface area (Å²) >= 11 is 0. The van der Waals surface area contributed by atoms with Crippen molar-refractivity contribution in [3.63, 3.8) is 0 Å². The number of nitrogens with zero attached hydrogens (tertiary/aromatic N) is 3. The Labute approximate surface area is 103 Å². The number of aliphatic imine (C=N–C) groups is 1. The van der Waals surface area contributed by atoms with Gasteiger partial charge in [-0.2, -0.15) is 0 Å². The quantitative estimate of drug-likeness (QED) is 0.598. The number of nitrogens with one attached hydrogen (secondary N) is 2. The number of hydrogen-bond acceptors (Lipinski definition) is 3. The van der Waals surface area contributed by atoms with Crippen molar-refractivity contribution in [3.05, 3.63) is 23.8 Å². The SMILES string of the molecule is CN=C(NCc1ccnc(C)n1)NC(C)(C)C. The van der Waals surface area contributed by atoms with Crippen LogP contribution in [-0.2, 0) is 6.54 Å². The third-order valence-electron chi connectivity index (χ3n) is 1.99. The van der Waals surface area contributed by atoms with Gasteiger partial charge in [-0.15, -0.1) is 0 Å². The minimum Gasteiger partial charge on any atom is -0.352 e. The zero-order valence-corrected chi connectivity index (χ0v) is 11.2. The lowest BCUT2D eigenvalue weighted by atomic mass is 10.1. The van der Waals surface area contributed by atoms with Gasteiger partial charge in [-0.05, 0) is 33.8 Å². The lowest BCUT2D eigenvalue weighted by Gasteiger charge is -2.23. The summed E-state index contributed by atoms with van der Waals surface area (Å²) in [5, 5.41) is 6.50. The van der Waals surface area contributed by atoms with E-state index >= 15 is 0 Å². The second kappa shape index (κ2) is 5.61. The summed E-state index contributed by atoms with van der Waals surface area (Å²) in [6.07, 6.45) is 1.76. The van der Waals surface area contributed by atoms with Crippen LogP contribution in [0.5, 0.6) is 0 Å². The summed E-state index contributed by atoms with van der Waals surface area (Å²) in [6, 6.07) is 1.89. The fourth-order valence-electron chi connectivity index (χ4n) is 1.31. The van der Waals surface area contributed by atoms with E-state index in [0.717, 1.165) is 17.5 Å². The summed E-state index contributed by atoms with van der Waals surface area (Å²) in [5.74, 6) is 1.55. The maximum atomic E-state index is 4.32. The van der Waals surface area contributed by atoms with Crippen LogP contribution in [0, 0.1) is 6.92 Å². The normalized spacial score (nSPS) is 12.4. The van der Waals surface area contributed by atoms with Gasteiger partial charge in [-0.1, -0.05) is 0 Å². The van der Waals surface area contributed by atoms with Crippen LogP contribution < -0.4 is 10.6 Å². The molecule has 0 saturated carbocycles. The van der Waals surface area contributed by atoms with Gasteiger partial charge in [0.1, 0.15) is 5.82 Å². The molecule has 0 aliphatic carbocycles. The smallest absolute Gasteiger partial charge is 0.191 e. The predicted octanol–water partition coefficient (Wildman–Crippen LogP) is 1.25. The maximum absolute atomic E-state index is 4.32. The van der Waals surface area contributed by atoms with Gasteiger partial charge in [0.25, 0.3) is 0 Å². The van der Waals surface area contributed by atoms with Gasteiger partial charge in [-0.3, -0.25) is 4.99 Å². The lowest BCUT2D eigenvalue weighted by Crippen LogP contribution is -2.47. The van der Waals surface area contributed by atoms with E-state index in [4.69, 9.17) is 0 Å². The van der Waals surface area contributed by atoms with E-state index in [1.807, 2.05) is 13.0 Å². The minimum absolute atomic E-state index is 0.0105. The van der Waals surface area contributed by atoms with Crippen molar-refractivity contribution in [2.75, 3.05) is 7.05 Å². The highest BCUT2D eigenvalue weighted by Crippen LogP contribution is 1.98. The number of aryl methyl sites for hydroxylation is 1. The zero-order chi connectivity index (χ0) is 12.9. The van der Waals surface area contributed by atoms with Gasteiger partial charge in [0, 0.05) is 18.8 Å². The van der Waals surface area contributed by atoms with Crippen LogP contribution in [0.1, 0.15) is 32.3 Å². The molecule has 94 valence electrons. The summed E-state index contributed by atoms with van der Waals surface area (Å²) in [4.78, 5) is 12.5. The molecule has 0 radical (unpaired) electrons. The Morgan fingerprint density at radius 1 is 1.41 bits per heavy atom. The van der Waals surface area contributed by atoms with Crippen molar-refractivity contribution in [2.24, 2.45) is 4.99 Å². The summed E-state index contributed by atoms with van der Waals surface area (Å²) in [5.41, 5.74) is 0.943. The Morgan fingerprint density at radius 3 is 2.65 bits per heavy atom. The van der Waals surface area contributed by atoms with E-state index < -0.39 is 0 Å². The molecule has 0 aliphatic rings. The molecule has 0 aliphatic heterocycles. The molecule has 0 fully saturated rings. The average molecular weight is 235 g/mol. The first kappa shape index (κ1) is 13.4. The lowest BCUT2D eigenvalue weighted by molar-refractivity contribution is 0.501. The van der Waals surface area contributed by atoms with Crippen molar-refractivity contribution >= 4 is 5.96 Å². The third kappa shape index (κ3) is 5.29. The molecule has 5 nitrogen and oxygen atoms in total. The Balaban J connectivity index is 2.54.